The standard InChI is InChI=1S/C19H22N2OS/c1-4-16-9-6-10-21(16)19(22)15-8-5-7-14(11-15)17-12-20-18(23-17)13(2)3/h5-9,11-13,16H,4,10H2,1-3H3/t16-/m1/s1. The molecule has 0 radical (unpaired) electrons. The molecular formula is C19H22N2OS. The van der Waals surface area contributed by atoms with Gasteiger partial charge >= 0.3 is 0 Å². The summed E-state index contributed by atoms with van der Waals surface area (Å²) >= 11 is 1.70. The predicted molar refractivity (Wildman–Crippen MR) is 95.9 cm³/mol. The number of rotatable bonds is 4. The van der Waals surface area contributed by atoms with Crippen LogP contribution in [0.2, 0.25) is 0 Å². The van der Waals surface area contributed by atoms with Gasteiger partial charge in [-0.2, -0.15) is 0 Å². The van der Waals surface area contributed by atoms with Crippen molar-refractivity contribution in [2.24, 2.45) is 0 Å². The van der Waals surface area contributed by atoms with Gasteiger partial charge in [-0.05, 0) is 24.1 Å². The Bertz CT molecular complexity index is 732. The third-order valence-corrected chi connectivity index (χ3v) is 5.50. The van der Waals surface area contributed by atoms with E-state index in [1.165, 1.54) is 0 Å². The van der Waals surface area contributed by atoms with Crippen LogP contribution in [-0.2, 0) is 0 Å². The van der Waals surface area contributed by atoms with Crippen molar-refractivity contribution in [3.63, 3.8) is 0 Å². The fraction of sp³-hybridized carbons (Fsp3) is 0.368. The predicted octanol–water partition coefficient (Wildman–Crippen LogP) is 4.72. The molecule has 4 heteroatoms. The Morgan fingerprint density at radius 1 is 1.43 bits per heavy atom. The smallest absolute Gasteiger partial charge is 0.254 e. The highest BCUT2D eigenvalue weighted by atomic mass is 32.1. The molecule has 1 aliphatic rings. The van der Waals surface area contributed by atoms with Gasteiger partial charge < -0.3 is 4.90 Å². The van der Waals surface area contributed by atoms with E-state index in [1.54, 1.807) is 11.3 Å². The van der Waals surface area contributed by atoms with Crippen molar-refractivity contribution in [2.45, 2.75) is 39.2 Å². The number of carbonyl (C=O) groups excluding carboxylic acids is 1. The molecule has 0 saturated heterocycles. The molecule has 1 aromatic carbocycles. The van der Waals surface area contributed by atoms with Crippen molar-refractivity contribution in [2.75, 3.05) is 6.54 Å². The van der Waals surface area contributed by atoms with Gasteiger partial charge in [-0.15, -0.1) is 11.3 Å². The summed E-state index contributed by atoms with van der Waals surface area (Å²) in [6.07, 6.45) is 7.07. The maximum atomic E-state index is 12.8. The van der Waals surface area contributed by atoms with Crippen molar-refractivity contribution in [1.29, 1.82) is 0 Å². The summed E-state index contributed by atoms with van der Waals surface area (Å²) in [5.74, 6) is 0.539. The fourth-order valence-corrected chi connectivity index (χ4v) is 3.74. The molecule has 3 rings (SSSR count). The topological polar surface area (TPSA) is 33.2 Å². The van der Waals surface area contributed by atoms with Gasteiger partial charge in [0, 0.05) is 24.2 Å². The van der Waals surface area contributed by atoms with Crippen LogP contribution in [0, 0.1) is 0 Å². The number of amides is 1. The third-order valence-electron chi connectivity index (χ3n) is 4.15. The largest absolute Gasteiger partial charge is 0.329 e. The zero-order valence-electron chi connectivity index (χ0n) is 13.8. The van der Waals surface area contributed by atoms with Gasteiger partial charge in [0.2, 0.25) is 0 Å². The lowest BCUT2D eigenvalue weighted by molar-refractivity contribution is 0.0747. The minimum Gasteiger partial charge on any atom is -0.329 e. The van der Waals surface area contributed by atoms with Crippen molar-refractivity contribution in [3.05, 3.63) is 53.2 Å². The van der Waals surface area contributed by atoms with E-state index in [1.807, 2.05) is 35.4 Å². The Morgan fingerprint density at radius 3 is 2.96 bits per heavy atom. The number of carbonyl (C=O) groups is 1. The van der Waals surface area contributed by atoms with E-state index in [-0.39, 0.29) is 11.9 Å². The van der Waals surface area contributed by atoms with Crippen LogP contribution < -0.4 is 0 Å². The number of thiazole rings is 1. The van der Waals surface area contributed by atoms with Gasteiger partial charge in [-0.1, -0.05) is 45.1 Å². The van der Waals surface area contributed by atoms with Crippen molar-refractivity contribution >= 4 is 17.2 Å². The van der Waals surface area contributed by atoms with Crippen molar-refractivity contribution in [1.82, 2.24) is 9.88 Å². The first-order valence-corrected chi connectivity index (χ1v) is 8.95. The summed E-state index contributed by atoms with van der Waals surface area (Å²) in [5.41, 5.74) is 1.82. The van der Waals surface area contributed by atoms with E-state index in [0.29, 0.717) is 12.5 Å². The van der Waals surface area contributed by atoms with Gasteiger partial charge in [0.05, 0.1) is 15.9 Å². The molecule has 1 aromatic heterocycles. The van der Waals surface area contributed by atoms with Gasteiger partial charge in [-0.25, -0.2) is 4.98 Å². The van der Waals surface area contributed by atoms with Gasteiger partial charge in [0.1, 0.15) is 0 Å². The van der Waals surface area contributed by atoms with E-state index in [4.69, 9.17) is 0 Å². The summed E-state index contributed by atoms with van der Waals surface area (Å²) in [7, 11) is 0. The van der Waals surface area contributed by atoms with Crippen LogP contribution in [0.1, 0.15) is 48.5 Å². The molecule has 0 N–H and O–H groups in total. The molecule has 0 fully saturated rings. The van der Waals surface area contributed by atoms with E-state index in [2.05, 4.69) is 37.9 Å². The molecule has 1 amide bonds. The van der Waals surface area contributed by atoms with E-state index < -0.39 is 0 Å². The quantitative estimate of drug-likeness (QED) is 0.761. The SMILES string of the molecule is CC[C@@H]1C=CCN1C(=O)c1cccc(-c2cnc(C(C)C)s2)c1. The summed E-state index contributed by atoms with van der Waals surface area (Å²) in [6.45, 7) is 7.11. The third kappa shape index (κ3) is 3.22. The highest BCUT2D eigenvalue weighted by molar-refractivity contribution is 7.15. The Balaban J connectivity index is 1.86. The Labute approximate surface area is 141 Å². The summed E-state index contributed by atoms with van der Waals surface area (Å²) in [5, 5.41) is 1.13. The lowest BCUT2D eigenvalue weighted by Gasteiger charge is -2.23. The summed E-state index contributed by atoms with van der Waals surface area (Å²) in [4.78, 5) is 20.3. The molecule has 2 aromatic rings. The average Bonchev–Trinajstić information content (AvgIpc) is 3.23. The maximum Gasteiger partial charge on any atom is 0.254 e. The highest BCUT2D eigenvalue weighted by Gasteiger charge is 2.24. The van der Waals surface area contributed by atoms with Crippen LogP contribution in [-0.4, -0.2) is 28.4 Å². The fourth-order valence-electron chi connectivity index (χ4n) is 2.82. The Hall–Kier alpha value is -1.94. The van der Waals surface area contributed by atoms with Crippen LogP contribution in [0.15, 0.2) is 42.6 Å². The van der Waals surface area contributed by atoms with Crippen LogP contribution in [0.5, 0.6) is 0 Å². The number of benzene rings is 1. The first-order chi connectivity index (χ1) is 11.1. The van der Waals surface area contributed by atoms with Crippen LogP contribution in [0.3, 0.4) is 0 Å². The molecule has 0 saturated carbocycles. The van der Waals surface area contributed by atoms with Crippen LogP contribution in [0.4, 0.5) is 0 Å². The molecule has 2 heterocycles. The number of hydrogen-bond acceptors (Lipinski definition) is 3. The van der Waals surface area contributed by atoms with Gasteiger partial charge in [-0.3, -0.25) is 4.79 Å². The van der Waals surface area contributed by atoms with Crippen LogP contribution in [0.25, 0.3) is 10.4 Å². The van der Waals surface area contributed by atoms with Gasteiger partial charge in [0.25, 0.3) is 5.91 Å². The number of aromatic nitrogens is 1. The Kier molecular flexibility index (Phi) is 4.62. The zero-order chi connectivity index (χ0) is 16.4. The average molecular weight is 326 g/mol. The molecule has 120 valence electrons. The molecule has 0 spiro atoms. The second kappa shape index (κ2) is 6.67. The molecule has 1 atom stereocenters. The van der Waals surface area contributed by atoms with E-state index in [0.717, 1.165) is 27.4 Å². The van der Waals surface area contributed by atoms with Crippen LogP contribution >= 0.6 is 11.3 Å². The maximum absolute atomic E-state index is 12.8. The zero-order valence-corrected chi connectivity index (χ0v) is 14.6. The lowest BCUT2D eigenvalue weighted by Crippen LogP contribution is -2.35. The molecule has 0 unspecified atom stereocenters. The molecule has 0 aliphatic carbocycles. The van der Waals surface area contributed by atoms with Crippen molar-refractivity contribution in [3.8, 4) is 10.4 Å². The molecule has 3 nitrogen and oxygen atoms in total. The normalized spacial score (nSPS) is 17.2. The molecular weight excluding hydrogens is 304 g/mol. The molecule has 23 heavy (non-hydrogen) atoms. The lowest BCUT2D eigenvalue weighted by atomic mass is 10.1. The molecule has 1 aliphatic heterocycles. The summed E-state index contributed by atoms with van der Waals surface area (Å²) < 4.78 is 0. The highest BCUT2D eigenvalue weighted by Crippen LogP contribution is 2.30. The van der Waals surface area contributed by atoms with E-state index >= 15 is 0 Å². The minimum absolute atomic E-state index is 0.109. The second-order valence-corrected chi connectivity index (χ2v) is 7.22. The monoisotopic (exact) mass is 326 g/mol. The first kappa shape index (κ1) is 15.9. The number of hydrogen-bond donors (Lipinski definition) is 0. The van der Waals surface area contributed by atoms with E-state index in [9.17, 15) is 4.79 Å². The number of nitrogens with zero attached hydrogens (tertiary/aromatic N) is 2. The molecule has 0 bridgehead atoms. The van der Waals surface area contributed by atoms with Crippen molar-refractivity contribution < 1.29 is 4.79 Å². The second-order valence-electron chi connectivity index (χ2n) is 6.16. The summed E-state index contributed by atoms with van der Waals surface area (Å²) in [6, 6.07) is 8.13. The van der Waals surface area contributed by atoms with Gasteiger partial charge in [0.15, 0.2) is 0 Å². The Morgan fingerprint density at radius 2 is 2.26 bits per heavy atom. The minimum atomic E-state index is 0.109. The first-order valence-electron chi connectivity index (χ1n) is 8.14.